The predicted molar refractivity (Wildman–Crippen MR) is 95.7 cm³/mol. The van der Waals surface area contributed by atoms with Crippen molar-refractivity contribution in [1.29, 1.82) is 0 Å². The normalized spacial score (nSPS) is 16.1. The lowest BCUT2D eigenvalue weighted by molar-refractivity contribution is -0.386. The molecule has 9 heteroatoms. The fraction of sp³-hybridized carbons (Fsp3) is 0.647. The molecule has 1 aromatic rings. The Morgan fingerprint density at radius 3 is 2.19 bits per heavy atom. The third-order valence-corrected chi connectivity index (χ3v) is 4.32. The van der Waals surface area contributed by atoms with Gasteiger partial charge in [-0.1, -0.05) is 12.1 Å². The molecule has 0 amide bonds. The third-order valence-electron chi connectivity index (χ3n) is 3.04. The fourth-order valence-corrected chi connectivity index (χ4v) is 3.42. The van der Waals surface area contributed by atoms with Crippen LogP contribution >= 0.6 is 7.82 Å². The monoisotopic (exact) mass is 388 g/mol. The number of para-hydroxylation sites is 1. The molecule has 0 saturated heterocycles. The van der Waals surface area contributed by atoms with Crippen molar-refractivity contribution in [2.45, 2.75) is 65.3 Å². The van der Waals surface area contributed by atoms with Crippen LogP contribution < -0.4 is 4.89 Å². The average Bonchev–Trinajstić information content (AvgIpc) is 2.42. The molecule has 8 nitrogen and oxygen atoms in total. The molecule has 2 atom stereocenters. The van der Waals surface area contributed by atoms with Gasteiger partial charge in [0.2, 0.25) is 0 Å². The van der Waals surface area contributed by atoms with Crippen LogP contribution in [-0.2, 0) is 18.3 Å². The van der Waals surface area contributed by atoms with Gasteiger partial charge in [0, 0.05) is 12.5 Å². The molecule has 2 unspecified atom stereocenters. The number of nitro benzene ring substituents is 1. The van der Waals surface area contributed by atoms with Crippen molar-refractivity contribution < 1.29 is 28.2 Å². The van der Waals surface area contributed by atoms with Crippen molar-refractivity contribution in [3.8, 4) is 0 Å². The summed E-state index contributed by atoms with van der Waals surface area (Å²) in [6.45, 7) is 10.5. The Kier molecular flexibility index (Phi) is 7.51. The molecule has 0 fully saturated rings. The van der Waals surface area contributed by atoms with Gasteiger partial charge in [0.1, 0.15) is 0 Å². The van der Waals surface area contributed by atoms with Crippen LogP contribution in [0.15, 0.2) is 24.3 Å². The summed E-state index contributed by atoms with van der Waals surface area (Å²) in [5.41, 5.74) is -1.48. The molecule has 1 aromatic carbocycles. The standard InChI is InChI=1S/C17H28NO7P/c1-16(2,3)23-12-11-15(24-26(21,22)25-17(4,5)6)13-9-7-8-10-14(13)18(19)20/h7-10,15H,11-12H2,1-6H3,(H,21,22)/p-1. The first kappa shape index (κ1) is 22.7. The van der Waals surface area contributed by atoms with Gasteiger partial charge in [-0.2, -0.15) is 0 Å². The minimum atomic E-state index is -4.69. The molecule has 0 aliphatic rings. The highest BCUT2D eigenvalue weighted by molar-refractivity contribution is 7.45. The molecule has 0 spiro atoms. The van der Waals surface area contributed by atoms with E-state index >= 15 is 0 Å². The molecule has 0 bridgehead atoms. The van der Waals surface area contributed by atoms with Crippen LogP contribution in [0.5, 0.6) is 0 Å². The maximum Gasteiger partial charge on any atom is 0.275 e. The summed E-state index contributed by atoms with van der Waals surface area (Å²) >= 11 is 0. The quantitative estimate of drug-likeness (QED) is 0.374. The Morgan fingerprint density at radius 2 is 1.69 bits per heavy atom. The van der Waals surface area contributed by atoms with Crippen molar-refractivity contribution in [2.24, 2.45) is 0 Å². The van der Waals surface area contributed by atoms with Gasteiger partial charge >= 0.3 is 0 Å². The molecule has 0 heterocycles. The van der Waals surface area contributed by atoms with Crippen LogP contribution in [0.3, 0.4) is 0 Å². The molecule has 0 aromatic heterocycles. The predicted octanol–water partition coefficient (Wildman–Crippen LogP) is 4.14. The number of nitro groups is 1. The summed E-state index contributed by atoms with van der Waals surface area (Å²) in [5, 5.41) is 11.3. The number of rotatable bonds is 8. The van der Waals surface area contributed by atoms with Crippen molar-refractivity contribution in [2.75, 3.05) is 6.61 Å². The van der Waals surface area contributed by atoms with E-state index in [2.05, 4.69) is 0 Å². The van der Waals surface area contributed by atoms with Crippen LogP contribution in [0, 0.1) is 10.1 Å². The van der Waals surface area contributed by atoms with E-state index in [1.807, 2.05) is 20.8 Å². The fourth-order valence-electron chi connectivity index (χ4n) is 2.18. The van der Waals surface area contributed by atoms with Crippen molar-refractivity contribution in [3.63, 3.8) is 0 Å². The molecule has 0 N–H and O–H groups in total. The van der Waals surface area contributed by atoms with E-state index in [9.17, 15) is 19.6 Å². The molecule has 148 valence electrons. The van der Waals surface area contributed by atoms with Gasteiger partial charge in [0.25, 0.3) is 13.5 Å². The zero-order chi connectivity index (χ0) is 20.2. The minimum Gasteiger partial charge on any atom is -0.756 e. The van der Waals surface area contributed by atoms with Crippen molar-refractivity contribution >= 4 is 13.5 Å². The van der Waals surface area contributed by atoms with Crippen LogP contribution in [0.25, 0.3) is 0 Å². The number of phosphoric acid groups is 1. The summed E-state index contributed by atoms with van der Waals surface area (Å²) in [5.74, 6) is 0. The van der Waals surface area contributed by atoms with Gasteiger partial charge in [-0.3, -0.25) is 14.7 Å². The average molecular weight is 388 g/mol. The van der Waals surface area contributed by atoms with E-state index in [0.717, 1.165) is 0 Å². The number of nitrogens with zero attached hydrogens (tertiary/aromatic N) is 1. The lowest BCUT2D eigenvalue weighted by atomic mass is 10.0. The van der Waals surface area contributed by atoms with Crippen molar-refractivity contribution in [3.05, 3.63) is 39.9 Å². The van der Waals surface area contributed by atoms with Crippen LogP contribution in [0.4, 0.5) is 5.69 Å². The Labute approximate surface area is 154 Å². The van der Waals surface area contributed by atoms with Gasteiger partial charge in [0.05, 0.1) is 34.4 Å². The first-order valence-corrected chi connectivity index (χ1v) is 9.74. The largest absolute Gasteiger partial charge is 0.756 e. The molecule has 0 saturated carbocycles. The second-order valence-electron chi connectivity index (χ2n) is 7.81. The summed E-state index contributed by atoms with van der Waals surface area (Å²) in [6, 6.07) is 5.87. The highest BCUT2D eigenvalue weighted by atomic mass is 31.2. The number of benzene rings is 1. The lowest BCUT2D eigenvalue weighted by Crippen LogP contribution is -2.25. The molecule has 0 aliphatic heterocycles. The van der Waals surface area contributed by atoms with E-state index in [4.69, 9.17) is 13.8 Å². The smallest absolute Gasteiger partial charge is 0.275 e. The topological polar surface area (TPSA) is 111 Å². The summed E-state index contributed by atoms with van der Waals surface area (Å²) in [6.07, 6.45) is -0.980. The zero-order valence-corrected chi connectivity index (χ0v) is 16.9. The first-order valence-electron chi connectivity index (χ1n) is 8.28. The van der Waals surface area contributed by atoms with Gasteiger partial charge in [-0.15, -0.1) is 0 Å². The molecule has 26 heavy (non-hydrogen) atoms. The molecular formula is C17H27NO7P-. The van der Waals surface area contributed by atoms with E-state index < -0.39 is 30.1 Å². The Morgan fingerprint density at radius 1 is 1.12 bits per heavy atom. The summed E-state index contributed by atoms with van der Waals surface area (Å²) < 4.78 is 28.0. The number of hydrogen-bond donors (Lipinski definition) is 0. The number of hydrogen-bond acceptors (Lipinski definition) is 7. The molecule has 0 aliphatic carbocycles. The SMILES string of the molecule is CC(C)(C)OCCC(OP(=O)([O-])OC(C)(C)C)c1ccccc1[N+](=O)[O-]. The van der Waals surface area contributed by atoms with Gasteiger partial charge < -0.3 is 18.7 Å². The van der Waals surface area contributed by atoms with E-state index in [1.54, 1.807) is 26.8 Å². The minimum absolute atomic E-state index is 0.113. The van der Waals surface area contributed by atoms with E-state index in [0.29, 0.717) is 0 Å². The molecular weight excluding hydrogens is 361 g/mol. The van der Waals surface area contributed by atoms with Crippen LogP contribution in [0.1, 0.15) is 59.6 Å². The second kappa shape index (κ2) is 8.59. The van der Waals surface area contributed by atoms with E-state index in [-0.39, 0.29) is 24.3 Å². The highest BCUT2D eigenvalue weighted by Gasteiger charge is 2.29. The first-order chi connectivity index (χ1) is 11.7. The van der Waals surface area contributed by atoms with Crippen LogP contribution in [0.2, 0.25) is 0 Å². The highest BCUT2D eigenvalue weighted by Crippen LogP contribution is 2.49. The maximum atomic E-state index is 12.2. The van der Waals surface area contributed by atoms with Crippen molar-refractivity contribution in [1.82, 2.24) is 0 Å². The number of phosphoric ester groups is 1. The second-order valence-corrected chi connectivity index (χ2v) is 9.10. The summed E-state index contributed by atoms with van der Waals surface area (Å²) in [4.78, 5) is 23.0. The van der Waals surface area contributed by atoms with Gasteiger partial charge in [0.15, 0.2) is 0 Å². The maximum absolute atomic E-state index is 12.2. The van der Waals surface area contributed by atoms with Gasteiger partial charge in [-0.25, -0.2) is 0 Å². The van der Waals surface area contributed by atoms with Crippen LogP contribution in [-0.4, -0.2) is 22.7 Å². The Hall–Kier alpha value is -1.31. The summed E-state index contributed by atoms with van der Waals surface area (Å²) in [7, 11) is -4.69. The lowest BCUT2D eigenvalue weighted by Gasteiger charge is -2.33. The van der Waals surface area contributed by atoms with Gasteiger partial charge in [-0.05, 0) is 47.6 Å². The Bertz CT molecular complexity index is 664. The molecule has 0 radical (unpaired) electrons. The Balaban J connectivity index is 3.11. The zero-order valence-electron chi connectivity index (χ0n) is 16.1. The number of ether oxygens (including phenoxy) is 1. The molecule has 1 rings (SSSR count). The van der Waals surface area contributed by atoms with E-state index in [1.165, 1.54) is 18.2 Å². The third kappa shape index (κ3) is 8.38.